The Bertz CT molecular complexity index is 226. The lowest BCUT2D eigenvalue weighted by atomic mass is 10.1. The maximum Gasteiger partial charge on any atom is 0.308 e. The van der Waals surface area contributed by atoms with Crippen LogP contribution in [0.2, 0.25) is 0 Å². The van der Waals surface area contributed by atoms with Crippen molar-refractivity contribution in [3.63, 3.8) is 0 Å². The SMILES string of the molecule is N[C@H]1CC[C@@H](C(=O)OCC2CCOC2)C1. The van der Waals surface area contributed by atoms with Gasteiger partial charge in [-0.2, -0.15) is 0 Å². The van der Waals surface area contributed by atoms with Crippen molar-refractivity contribution < 1.29 is 14.3 Å². The largest absolute Gasteiger partial charge is 0.465 e. The van der Waals surface area contributed by atoms with Crippen LogP contribution in [0.4, 0.5) is 0 Å². The normalized spacial score (nSPS) is 35.7. The van der Waals surface area contributed by atoms with Crippen molar-refractivity contribution in [1.82, 2.24) is 0 Å². The highest BCUT2D eigenvalue weighted by molar-refractivity contribution is 5.72. The molecular formula is C11H19NO3. The summed E-state index contributed by atoms with van der Waals surface area (Å²) in [6.45, 7) is 2.05. The third kappa shape index (κ3) is 2.92. The predicted octanol–water partition coefficient (Wildman–Crippen LogP) is 0.693. The first-order chi connectivity index (χ1) is 7.25. The molecule has 1 aliphatic carbocycles. The second-order valence-corrected chi connectivity index (χ2v) is 4.63. The number of carbonyl (C=O) groups excluding carboxylic acids is 1. The van der Waals surface area contributed by atoms with Crippen LogP contribution >= 0.6 is 0 Å². The summed E-state index contributed by atoms with van der Waals surface area (Å²) in [7, 11) is 0. The fourth-order valence-electron chi connectivity index (χ4n) is 2.26. The molecule has 4 nitrogen and oxygen atoms in total. The van der Waals surface area contributed by atoms with Crippen LogP contribution in [0.15, 0.2) is 0 Å². The van der Waals surface area contributed by atoms with E-state index in [1.807, 2.05) is 0 Å². The summed E-state index contributed by atoms with van der Waals surface area (Å²) in [6, 6.07) is 0.192. The van der Waals surface area contributed by atoms with E-state index in [-0.39, 0.29) is 17.9 Å². The topological polar surface area (TPSA) is 61.6 Å². The molecule has 86 valence electrons. The van der Waals surface area contributed by atoms with Gasteiger partial charge >= 0.3 is 5.97 Å². The molecule has 1 saturated carbocycles. The average molecular weight is 213 g/mol. The Morgan fingerprint density at radius 2 is 2.27 bits per heavy atom. The van der Waals surface area contributed by atoms with Gasteiger partial charge in [-0.25, -0.2) is 0 Å². The lowest BCUT2D eigenvalue weighted by Gasteiger charge is -2.12. The molecule has 0 aromatic heterocycles. The molecule has 0 radical (unpaired) electrons. The van der Waals surface area contributed by atoms with E-state index in [2.05, 4.69) is 0 Å². The minimum absolute atomic E-state index is 0.0438. The molecule has 0 aromatic carbocycles. The number of carbonyl (C=O) groups is 1. The van der Waals surface area contributed by atoms with Crippen molar-refractivity contribution in [2.75, 3.05) is 19.8 Å². The van der Waals surface area contributed by atoms with Gasteiger partial charge in [-0.3, -0.25) is 4.79 Å². The molecular weight excluding hydrogens is 194 g/mol. The molecule has 2 aliphatic rings. The highest BCUT2D eigenvalue weighted by Crippen LogP contribution is 2.25. The molecule has 1 saturated heterocycles. The Hall–Kier alpha value is -0.610. The molecule has 0 amide bonds. The first-order valence-electron chi connectivity index (χ1n) is 5.75. The van der Waals surface area contributed by atoms with Gasteiger partial charge in [0.15, 0.2) is 0 Å². The molecule has 0 bridgehead atoms. The van der Waals surface area contributed by atoms with Gasteiger partial charge in [0.25, 0.3) is 0 Å². The first-order valence-corrected chi connectivity index (χ1v) is 5.75. The van der Waals surface area contributed by atoms with E-state index in [0.717, 1.165) is 38.9 Å². The van der Waals surface area contributed by atoms with E-state index in [1.54, 1.807) is 0 Å². The highest BCUT2D eigenvalue weighted by atomic mass is 16.5. The first kappa shape index (κ1) is 10.9. The summed E-state index contributed by atoms with van der Waals surface area (Å²) in [6.07, 6.45) is 3.64. The van der Waals surface area contributed by atoms with Gasteiger partial charge in [-0.05, 0) is 25.7 Å². The maximum atomic E-state index is 11.6. The van der Waals surface area contributed by atoms with Crippen LogP contribution < -0.4 is 5.73 Å². The second kappa shape index (κ2) is 4.94. The monoisotopic (exact) mass is 213 g/mol. The van der Waals surface area contributed by atoms with Gasteiger partial charge in [0.2, 0.25) is 0 Å². The summed E-state index contributed by atoms with van der Waals surface area (Å²) in [5, 5.41) is 0. The van der Waals surface area contributed by atoms with Crippen LogP contribution in [0.3, 0.4) is 0 Å². The number of hydrogen-bond donors (Lipinski definition) is 1. The minimum Gasteiger partial charge on any atom is -0.465 e. The van der Waals surface area contributed by atoms with Crippen LogP contribution in [-0.2, 0) is 14.3 Å². The molecule has 2 rings (SSSR count). The quantitative estimate of drug-likeness (QED) is 0.701. The number of ether oxygens (including phenoxy) is 2. The molecule has 3 atom stereocenters. The van der Waals surface area contributed by atoms with Gasteiger partial charge in [0.1, 0.15) is 0 Å². The molecule has 1 unspecified atom stereocenters. The predicted molar refractivity (Wildman–Crippen MR) is 55.2 cm³/mol. The van der Waals surface area contributed by atoms with E-state index in [4.69, 9.17) is 15.2 Å². The molecule has 0 spiro atoms. The van der Waals surface area contributed by atoms with Crippen molar-refractivity contribution in [3.8, 4) is 0 Å². The summed E-state index contributed by atoms with van der Waals surface area (Å²) in [5.74, 6) is 0.390. The summed E-state index contributed by atoms with van der Waals surface area (Å²) >= 11 is 0. The zero-order valence-electron chi connectivity index (χ0n) is 8.98. The highest BCUT2D eigenvalue weighted by Gasteiger charge is 2.29. The number of hydrogen-bond acceptors (Lipinski definition) is 4. The Balaban J connectivity index is 1.67. The number of rotatable bonds is 3. The van der Waals surface area contributed by atoms with Crippen molar-refractivity contribution in [2.24, 2.45) is 17.6 Å². The fraction of sp³-hybridized carbons (Fsp3) is 0.909. The zero-order valence-corrected chi connectivity index (χ0v) is 8.98. The molecule has 1 heterocycles. The number of nitrogens with two attached hydrogens (primary N) is 1. The standard InChI is InChI=1S/C11H19NO3/c12-10-2-1-9(5-10)11(13)15-7-8-3-4-14-6-8/h8-10H,1-7,12H2/t8?,9-,10+/m1/s1. The number of esters is 1. The molecule has 15 heavy (non-hydrogen) atoms. The molecule has 4 heteroatoms. The second-order valence-electron chi connectivity index (χ2n) is 4.63. The lowest BCUT2D eigenvalue weighted by Crippen LogP contribution is -2.22. The molecule has 2 N–H and O–H groups in total. The van der Waals surface area contributed by atoms with Crippen LogP contribution in [-0.4, -0.2) is 31.8 Å². The van der Waals surface area contributed by atoms with Crippen LogP contribution in [0.1, 0.15) is 25.7 Å². The van der Waals surface area contributed by atoms with E-state index in [1.165, 1.54) is 0 Å². The van der Waals surface area contributed by atoms with Crippen molar-refractivity contribution in [3.05, 3.63) is 0 Å². The Kier molecular flexibility index (Phi) is 3.59. The Morgan fingerprint density at radius 1 is 1.40 bits per heavy atom. The van der Waals surface area contributed by atoms with E-state index < -0.39 is 0 Å². The van der Waals surface area contributed by atoms with Crippen molar-refractivity contribution >= 4 is 5.97 Å². The van der Waals surface area contributed by atoms with Crippen LogP contribution in [0, 0.1) is 11.8 Å². The van der Waals surface area contributed by atoms with Crippen molar-refractivity contribution in [1.29, 1.82) is 0 Å². The molecule has 1 aliphatic heterocycles. The fourth-order valence-corrected chi connectivity index (χ4v) is 2.26. The third-order valence-corrected chi connectivity index (χ3v) is 3.29. The smallest absolute Gasteiger partial charge is 0.308 e. The van der Waals surface area contributed by atoms with E-state index in [0.29, 0.717) is 12.5 Å². The summed E-state index contributed by atoms with van der Waals surface area (Å²) in [5.41, 5.74) is 5.75. The van der Waals surface area contributed by atoms with E-state index in [9.17, 15) is 4.79 Å². The van der Waals surface area contributed by atoms with Crippen molar-refractivity contribution in [2.45, 2.75) is 31.7 Å². The minimum atomic E-state index is -0.0603. The third-order valence-electron chi connectivity index (χ3n) is 3.29. The Morgan fingerprint density at radius 3 is 2.87 bits per heavy atom. The van der Waals surface area contributed by atoms with E-state index >= 15 is 0 Å². The Labute approximate surface area is 90.1 Å². The van der Waals surface area contributed by atoms with Gasteiger partial charge in [0, 0.05) is 18.6 Å². The zero-order chi connectivity index (χ0) is 10.7. The van der Waals surface area contributed by atoms with Gasteiger partial charge < -0.3 is 15.2 Å². The lowest BCUT2D eigenvalue weighted by molar-refractivity contribution is -0.149. The van der Waals surface area contributed by atoms with Crippen LogP contribution in [0.5, 0.6) is 0 Å². The maximum absolute atomic E-state index is 11.6. The van der Waals surface area contributed by atoms with Gasteiger partial charge in [-0.1, -0.05) is 0 Å². The summed E-state index contributed by atoms with van der Waals surface area (Å²) < 4.78 is 10.5. The molecule has 0 aromatic rings. The van der Waals surface area contributed by atoms with Crippen LogP contribution in [0.25, 0.3) is 0 Å². The van der Waals surface area contributed by atoms with Gasteiger partial charge in [0.05, 0.1) is 19.1 Å². The summed E-state index contributed by atoms with van der Waals surface area (Å²) in [4.78, 5) is 11.6. The molecule has 2 fully saturated rings. The van der Waals surface area contributed by atoms with Gasteiger partial charge in [-0.15, -0.1) is 0 Å². The average Bonchev–Trinajstić information content (AvgIpc) is 2.84.